The predicted octanol–water partition coefficient (Wildman–Crippen LogP) is 5.25. The Hall–Kier alpha value is -4.06. The van der Waals surface area contributed by atoms with E-state index in [-0.39, 0.29) is 18.4 Å². The minimum atomic E-state index is -0.198. The molecule has 0 bridgehead atoms. The van der Waals surface area contributed by atoms with Crippen LogP contribution in [0.3, 0.4) is 0 Å². The third-order valence-corrected chi connectivity index (χ3v) is 4.51. The molecule has 32 heavy (non-hydrogen) atoms. The van der Waals surface area contributed by atoms with E-state index in [1.165, 1.54) is 0 Å². The van der Waals surface area contributed by atoms with E-state index in [0.717, 1.165) is 16.8 Å². The Balaban J connectivity index is 1.52. The number of aryl methyl sites for hydroxylation is 1. The van der Waals surface area contributed by atoms with Gasteiger partial charge in [0.15, 0.2) is 0 Å². The normalized spacial score (nSPS) is 10.2. The van der Waals surface area contributed by atoms with Crippen LogP contribution >= 0.6 is 0 Å². The number of carbonyl (C=O) groups excluding carboxylic acids is 2. The van der Waals surface area contributed by atoms with Gasteiger partial charge in [0.05, 0.1) is 12.2 Å². The van der Waals surface area contributed by atoms with Crippen molar-refractivity contribution in [3.05, 3.63) is 96.1 Å². The summed E-state index contributed by atoms with van der Waals surface area (Å²) >= 11 is 0. The van der Waals surface area contributed by atoms with Crippen molar-refractivity contribution in [2.75, 3.05) is 29.1 Å². The number of anilines is 3. The van der Waals surface area contributed by atoms with Crippen LogP contribution in [0.25, 0.3) is 0 Å². The lowest BCUT2D eigenvalue weighted by atomic mass is 10.1. The number of para-hydroxylation sites is 2. The first-order valence-corrected chi connectivity index (χ1v) is 10.3. The Morgan fingerprint density at radius 1 is 0.906 bits per heavy atom. The molecular formula is C26H27N3O3. The number of carbonyl (C=O) groups is 2. The molecule has 0 saturated heterocycles. The van der Waals surface area contributed by atoms with Crippen molar-refractivity contribution in [1.82, 2.24) is 0 Å². The maximum Gasteiger partial charge on any atom is 0.255 e. The van der Waals surface area contributed by atoms with Crippen molar-refractivity contribution in [2.24, 2.45) is 0 Å². The van der Waals surface area contributed by atoms with E-state index in [4.69, 9.17) is 4.74 Å². The van der Waals surface area contributed by atoms with Crippen LogP contribution in [0.5, 0.6) is 5.75 Å². The largest absolute Gasteiger partial charge is 0.487 e. The fraction of sp³-hybridized carbons (Fsp3) is 0.154. The van der Waals surface area contributed by atoms with Crippen molar-refractivity contribution < 1.29 is 14.3 Å². The maximum atomic E-state index is 12.4. The van der Waals surface area contributed by atoms with E-state index < -0.39 is 0 Å². The summed E-state index contributed by atoms with van der Waals surface area (Å²) in [5.74, 6) is 0.287. The SMILES string of the molecule is C=C(C)COc1ccccc1NCC(=O)Nc1ccc(NC(=O)c2cccc(C)c2)cc1. The van der Waals surface area contributed by atoms with Crippen molar-refractivity contribution >= 4 is 28.9 Å². The van der Waals surface area contributed by atoms with E-state index in [9.17, 15) is 9.59 Å². The van der Waals surface area contributed by atoms with Crippen molar-refractivity contribution in [3.8, 4) is 5.75 Å². The van der Waals surface area contributed by atoms with Crippen LogP contribution in [0.4, 0.5) is 17.1 Å². The van der Waals surface area contributed by atoms with Gasteiger partial charge in [-0.25, -0.2) is 0 Å². The zero-order chi connectivity index (χ0) is 22.9. The Morgan fingerprint density at radius 2 is 1.59 bits per heavy atom. The van der Waals surface area contributed by atoms with Crippen molar-refractivity contribution in [1.29, 1.82) is 0 Å². The molecule has 0 spiro atoms. The highest BCUT2D eigenvalue weighted by atomic mass is 16.5. The highest BCUT2D eigenvalue weighted by Gasteiger charge is 2.08. The molecule has 3 N–H and O–H groups in total. The fourth-order valence-electron chi connectivity index (χ4n) is 2.95. The summed E-state index contributed by atoms with van der Waals surface area (Å²) in [6, 6.07) is 21.8. The van der Waals surface area contributed by atoms with Crippen LogP contribution in [0.1, 0.15) is 22.8 Å². The fourth-order valence-corrected chi connectivity index (χ4v) is 2.95. The van der Waals surface area contributed by atoms with Gasteiger partial charge in [-0.1, -0.05) is 36.4 Å². The highest BCUT2D eigenvalue weighted by molar-refractivity contribution is 6.04. The van der Waals surface area contributed by atoms with Gasteiger partial charge in [-0.05, 0) is 68.0 Å². The van der Waals surface area contributed by atoms with Gasteiger partial charge in [-0.15, -0.1) is 0 Å². The monoisotopic (exact) mass is 429 g/mol. The number of hydrogen-bond acceptors (Lipinski definition) is 4. The average molecular weight is 430 g/mol. The Kier molecular flexibility index (Phi) is 7.65. The lowest BCUT2D eigenvalue weighted by molar-refractivity contribution is -0.114. The zero-order valence-electron chi connectivity index (χ0n) is 18.3. The summed E-state index contributed by atoms with van der Waals surface area (Å²) in [4.78, 5) is 24.7. The van der Waals surface area contributed by atoms with Crippen LogP contribution < -0.4 is 20.7 Å². The number of benzene rings is 3. The highest BCUT2D eigenvalue weighted by Crippen LogP contribution is 2.24. The van der Waals surface area contributed by atoms with Gasteiger partial charge >= 0.3 is 0 Å². The number of amides is 2. The quantitative estimate of drug-likeness (QED) is 0.406. The van der Waals surface area contributed by atoms with E-state index in [0.29, 0.717) is 29.3 Å². The molecule has 0 saturated carbocycles. The van der Waals surface area contributed by atoms with Crippen LogP contribution in [0.2, 0.25) is 0 Å². The molecule has 0 atom stereocenters. The van der Waals surface area contributed by atoms with Crippen LogP contribution in [-0.2, 0) is 4.79 Å². The second-order valence-corrected chi connectivity index (χ2v) is 7.54. The van der Waals surface area contributed by atoms with Crippen LogP contribution in [0.15, 0.2) is 84.9 Å². The van der Waals surface area contributed by atoms with Crippen molar-refractivity contribution in [2.45, 2.75) is 13.8 Å². The summed E-state index contributed by atoms with van der Waals surface area (Å²) < 4.78 is 5.70. The molecule has 6 heteroatoms. The molecular weight excluding hydrogens is 402 g/mol. The van der Waals surface area contributed by atoms with Gasteiger partial charge in [-0.2, -0.15) is 0 Å². The molecule has 3 aromatic carbocycles. The van der Waals surface area contributed by atoms with Gasteiger partial charge in [0.2, 0.25) is 5.91 Å². The maximum absolute atomic E-state index is 12.4. The summed E-state index contributed by atoms with van der Waals surface area (Å²) in [6.45, 7) is 8.16. The Morgan fingerprint density at radius 3 is 2.28 bits per heavy atom. The minimum absolute atomic E-state index is 0.0826. The molecule has 0 radical (unpaired) electrons. The molecule has 0 aliphatic heterocycles. The predicted molar refractivity (Wildman–Crippen MR) is 129 cm³/mol. The lowest BCUT2D eigenvalue weighted by Gasteiger charge is -2.13. The number of rotatable bonds is 9. The smallest absolute Gasteiger partial charge is 0.255 e. The molecule has 0 aromatic heterocycles. The second kappa shape index (κ2) is 10.8. The summed E-state index contributed by atoms with van der Waals surface area (Å²) in [5.41, 5.74) is 4.55. The summed E-state index contributed by atoms with van der Waals surface area (Å²) in [7, 11) is 0. The first-order chi connectivity index (χ1) is 15.4. The Labute approximate surface area is 188 Å². The van der Waals surface area contributed by atoms with E-state index in [1.807, 2.05) is 56.3 Å². The van der Waals surface area contributed by atoms with E-state index in [1.54, 1.807) is 30.3 Å². The summed E-state index contributed by atoms with van der Waals surface area (Å²) in [5, 5.41) is 8.78. The molecule has 0 fully saturated rings. The molecule has 0 aliphatic rings. The third kappa shape index (κ3) is 6.74. The Bertz CT molecular complexity index is 1110. The van der Waals surface area contributed by atoms with Gasteiger partial charge in [0, 0.05) is 16.9 Å². The topological polar surface area (TPSA) is 79.5 Å². The zero-order valence-corrected chi connectivity index (χ0v) is 18.3. The molecule has 6 nitrogen and oxygen atoms in total. The van der Waals surface area contributed by atoms with Gasteiger partial charge < -0.3 is 20.7 Å². The number of hydrogen-bond donors (Lipinski definition) is 3. The third-order valence-electron chi connectivity index (χ3n) is 4.51. The van der Waals surface area contributed by atoms with Gasteiger partial charge in [-0.3, -0.25) is 9.59 Å². The number of ether oxygens (including phenoxy) is 1. The second-order valence-electron chi connectivity index (χ2n) is 7.54. The summed E-state index contributed by atoms with van der Waals surface area (Å²) in [6.07, 6.45) is 0. The molecule has 0 unspecified atom stereocenters. The van der Waals surface area contributed by atoms with Crippen LogP contribution in [-0.4, -0.2) is 25.0 Å². The molecule has 3 rings (SSSR count). The molecule has 3 aromatic rings. The van der Waals surface area contributed by atoms with Crippen LogP contribution in [0, 0.1) is 6.92 Å². The minimum Gasteiger partial charge on any atom is -0.487 e. The molecule has 164 valence electrons. The average Bonchev–Trinajstić information content (AvgIpc) is 2.78. The molecule has 2 amide bonds. The lowest BCUT2D eigenvalue weighted by Crippen LogP contribution is -2.22. The van der Waals surface area contributed by atoms with Gasteiger partial charge in [0.1, 0.15) is 12.4 Å². The van der Waals surface area contributed by atoms with Gasteiger partial charge in [0.25, 0.3) is 5.91 Å². The first-order valence-electron chi connectivity index (χ1n) is 10.3. The molecule has 0 aliphatic carbocycles. The van der Waals surface area contributed by atoms with E-state index in [2.05, 4.69) is 22.5 Å². The van der Waals surface area contributed by atoms with E-state index >= 15 is 0 Å². The number of nitrogens with one attached hydrogen (secondary N) is 3. The standard InChI is InChI=1S/C26H27N3O3/c1-18(2)17-32-24-10-5-4-9-23(24)27-16-25(30)28-21-11-13-22(14-12-21)29-26(31)20-8-6-7-19(3)15-20/h4-15,27H,1,16-17H2,2-3H3,(H,28,30)(H,29,31). The first kappa shape index (κ1) is 22.6. The van der Waals surface area contributed by atoms with Crippen molar-refractivity contribution in [3.63, 3.8) is 0 Å². The molecule has 0 heterocycles.